The molecule has 4 nitrogen and oxygen atoms in total. The quantitative estimate of drug-likeness (QED) is 0.826. The molecule has 0 saturated heterocycles. The summed E-state index contributed by atoms with van der Waals surface area (Å²) in [5.41, 5.74) is 0.133. The van der Waals surface area contributed by atoms with Crippen molar-refractivity contribution in [2.24, 2.45) is 5.41 Å². The average molecular weight is 238 g/mol. The van der Waals surface area contributed by atoms with Crippen molar-refractivity contribution in [3.63, 3.8) is 0 Å². The highest BCUT2D eigenvalue weighted by Crippen LogP contribution is 2.21. The molecule has 96 valence electrons. The maximum atomic E-state index is 9.83. The molecule has 1 aromatic rings. The summed E-state index contributed by atoms with van der Waals surface area (Å²) < 4.78 is 5.02. The minimum atomic E-state index is -0.362. The van der Waals surface area contributed by atoms with Crippen LogP contribution in [0.5, 0.6) is 5.75 Å². The SMILES string of the molecule is COc1ccc(NCC(O)CC(C)(C)C)nc1. The molecule has 0 amide bonds. The first-order chi connectivity index (χ1) is 7.90. The van der Waals surface area contributed by atoms with Crippen LogP contribution in [0, 0.1) is 5.41 Å². The molecule has 1 unspecified atom stereocenters. The second kappa shape index (κ2) is 5.87. The molecular weight excluding hydrogens is 216 g/mol. The Bertz CT molecular complexity index is 330. The van der Waals surface area contributed by atoms with Crippen LogP contribution < -0.4 is 10.1 Å². The van der Waals surface area contributed by atoms with E-state index in [2.05, 4.69) is 31.1 Å². The number of hydrogen-bond acceptors (Lipinski definition) is 4. The van der Waals surface area contributed by atoms with Crippen LogP contribution in [0.1, 0.15) is 27.2 Å². The first-order valence-corrected chi connectivity index (χ1v) is 5.83. The predicted octanol–water partition coefficient (Wildman–Crippen LogP) is 2.30. The number of pyridine rings is 1. The third kappa shape index (κ3) is 5.54. The Balaban J connectivity index is 2.39. The standard InChI is InChI=1S/C13H22N2O2/c1-13(2,3)7-10(16)8-14-12-6-5-11(17-4)9-15-12/h5-6,9-10,16H,7-8H2,1-4H3,(H,14,15). The van der Waals surface area contributed by atoms with Crippen LogP contribution >= 0.6 is 0 Å². The van der Waals surface area contributed by atoms with E-state index in [-0.39, 0.29) is 11.5 Å². The molecule has 0 saturated carbocycles. The fourth-order valence-electron chi connectivity index (χ4n) is 1.61. The lowest BCUT2D eigenvalue weighted by atomic mass is 9.89. The molecule has 2 N–H and O–H groups in total. The van der Waals surface area contributed by atoms with E-state index in [9.17, 15) is 5.11 Å². The third-order valence-electron chi connectivity index (χ3n) is 2.34. The lowest BCUT2D eigenvalue weighted by Crippen LogP contribution is -2.25. The van der Waals surface area contributed by atoms with Gasteiger partial charge >= 0.3 is 0 Å². The van der Waals surface area contributed by atoms with E-state index < -0.39 is 0 Å². The van der Waals surface area contributed by atoms with E-state index >= 15 is 0 Å². The number of hydrogen-bond donors (Lipinski definition) is 2. The summed E-state index contributed by atoms with van der Waals surface area (Å²) in [6, 6.07) is 3.67. The molecule has 17 heavy (non-hydrogen) atoms. The highest BCUT2D eigenvalue weighted by atomic mass is 16.5. The van der Waals surface area contributed by atoms with Crippen molar-refractivity contribution in [2.75, 3.05) is 19.0 Å². The van der Waals surface area contributed by atoms with E-state index in [1.54, 1.807) is 13.3 Å². The monoisotopic (exact) mass is 238 g/mol. The van der Waals surface area contributed by atoms with Crippen molar-refractivity contribution < 1.29 is 9.84 Å². The zero-order valence-corrected chi connectivity index (χ0v) is 11.0. The maximum Gasteiger partial charge on any atom is 0.137 e. The molecule has 0 radical (unpaired) electrons. The number of ether oxygens (including phenoxy) is 1. The topological polar surface area (TPSA) is 54.4 Å². The zero-order chi connectivity index (χ0) is 12.9. The number of anilines is 1. The van der Waals surface area contributed by atoms with Gasteiger partial charge in [-0.05, 0) is 24.0 Å². The van der Waals surface area contributed by atoms with Gasteiger partial charge in [0, 0.05) is 6.54 Å². The lowest BCUT2D eigenvalue weighted by Gasteiger charge is -2.22. The number of methoxy groups -OCH3 is 1. The molecule has 0 aliphatic rings. The minimum Gasteiger partial charge on any atom is -0.495 e. The third-order valence-corrected chi connectivity index (χ3v) is 2.34. The Labute approximate surface area is 103 Å². The molecule has 0 aromatic carbocycles. The summed E-state index contributed by atoms with van der Waals surface area (Å²) >= 11 is 0. The number of aromatic nitrogens is 1. The van der Waals surface area contributed by atoms with E-state index in [0.29, 0.717) is 6.54 Å². The van der Waals surface area contributed by atoms with Gasteiger partial charge in [0.1, 0.15) is 11.6 Å². The van der Waals surface area contributed by atoms with Crippen LogP contribution in [0.3, 0.4) is 0 Å². The molecule has 1 atom stereocenters. The normalized spacial score (nSPS) is 13.2. The van der Waals surface area contributed by atoms with E-state index in [1.165, 1.54) is 0 Å². The van der Waals surface area contributed by atoms with Crippen molar-refractivity contribution in [3.8, 4) is 5.75 Å². The summed E-state index contributed by atoms with van der Waals surface area (Å²) in [7, 11) is 1.61. The number of nitrogens with zero attached hydrogens (tertiary/aromatic N) is 1. The number of nitrogens with one attached hydrogen (secondary N) is 1. The highest BCUT2D eigenvalue weighted by Gasteiger charge is 2.16. The number of rotatable bonds is 5. The molecule has 1 aromatic heterocycles. The second-order valence-corrected chi connectivity index (χ2v) is 5.38. The van der Waals surface area contributed by atoms with Crippen LogP contribution in [-0.2, 0) is 0 Å². The summed E-state index contributed by atoms with van der Waals surface area (Å²) in [6.07, 6.45) is 2.05. The first-order valence-electron chi connectivity index (χ1n) is 5.83. The van der Waals surface area contributed by atoms with Gasteiger partial charge in [0.05, 0.1) is 19.4 Å². The molecule has 0 aliphatic heterocycles. The van der Waals surface area contributed by atoms with Gasteiger partial charge in [0.2, 0.25) is 0 Å². The van der Waals surface area contributed by atoms with Crippen molar-refractivity contribution in [3.05, 3.63) is 18.3 Å². The Morgan fingerprint density at radius 2 is 2.12 bits per heavy atom. The lowest BCUT2D eigenvalue weighted by molar-refractivity contribution is 0.132. The summed E-state index contributed by atoms with van der Waals surface area (Å²) in [5.74, 6) is 1.48. The van der Waals surface area contributed by atoms with Crippen LogP contribution in [-0.4, -0.2) is 29.8 Å². The van der Waals surface area contributed by atoms with Crippen LogP contribution in [0.4, 0.5) is 5.82 Å². The van der Waals surface area contributed by atoms with Gasteiger partial charge in [-0.1, -0.05) is 20.8 Å². The number of aliphatic hydroxyl groups is 1. The van der Waals surface area contributed by atoms with Gasteiger partial charge < -0.3 is 15.2 Å². The maximum absolute atomic E-state index is 9.83. The van der Waals surface area contributed by atoms with Gasteiger partial charge in [-0.25, -0.2) is 4.98 Å². The van der Waals surface area contributed by atoms with Gasteiger partial charge in [0.15, 0.2) is 0 Å². The predicted molar refractivity (Wildman–Crippen MR) is 69.4 cm³/mol. The van der Waals surface area contributed by atoms with E-state index in [0.717, 1.165) is 18.0 Å². The highest BCUT2D eigenvalue weighted by molar-refractivity contribution is 5.37. The molecule has 0 fully saturated rings. The molecule has 0 aliphatic carbocycles. The Hall–Kier alpha value is -1.29. The van der Waals surface area contributed by atoms with Crippen LogP contribution in [0.2, 0.25) is 0 Å². The van der Waals surface area contributed by atoms with Crippen molar-refractivity contribution >= 4 is 5.82 Å². The molecule has 4 heteroatoms. The van der Waals surface area contributed by atoms with Crippen LogP contribution in [0.15, 0.2) is 18.3 Å². The van der Waals surface area contributed by atoms with Gasteiger partial charge in [-0.15, -0.1) is 0 Å². The number of aliphatic hydroxyl groups excluding tert-OH is 1. The Morgan fingerprint density at radius 1 is 1.41 bits per heavy atom. The van der Waals surface area contributed by atoms with Crippen molar-refractivity contribution in [1.82, 2.24) is 4.98 Å². The summed E-state index contributed by atoms with van der Waals surface area (Å²) in [4.78, 5) is 4.17. The van der Waals surface area contributed by atoms with Crippen LogP contribution in [0.25, 0.3) is 0 Å². The summed E-state index contributed by atoms with van der Waals surface area (Å²) in [5, 5.41) is 12.9. The van der Waals surface area contributed by atoms with Crippen molar-refractivity contribution in [1.29, 1.82) is 0 Å². The van der Waals surface area contributed by atoms with Crippen molar-refractivity contribution in [2.45, 2.75) is 33.3 Å². The zero-order valence-electron chi connectivity index (χ0n) is 11.0. The fraction of sp³-hybridized carbons (Fsp3) is 0.615. The fourth-order valence-corrected chi connectivity index (χ4v) is 1.61. The van der Waals surface area contributed by atoms with Gasteiger partial charge in [0.25, 0.3) is 0 Å². The molecule has 1 heterocycles. The largest absolute Gasteiger partial charge is 0.495 e. The molecular formula is C13H22N2O2. The summed E-state index contributed by atoms with van der Waals surface area (Å²) in [6.45, 7) is 6.85. The Morgan fingerprint density at radius 3 is 2.59 bits per heavy atom. The van der Waals surface area contributed by atoms with Gasteiger partial charge in [-0.3, -0.25) is 0 Å². The van der Waals surface area contributed by atoms with E-state index in [1.807, 2.05) is 12.1 Å². The van der Waals surface area contributed by atoms with E-state index in [4.69, 9.17) is 4.74 Å². The Kier molecular flexibility index (Phi) is 4.75. The minimum absolute atomic E-state index is 0.133. The second-order valence-electron chi connectivity index (χ2n) is 5.38. The molecule has 1 rings (SSSR count). The average Bonchev–Trinajstić information content (AvgIpc) is 2.25. The smallest absolute Gasteiger partial charge is 0.137 e. The molecule has 0 spiro atoms. The van der Waals surface area contributed by atoms with Gasteiger partial charge in [-0.2, -0.15) is 0 Å². The molecule has 0 bridgehead atoms. The first kappa shape index (κ1) is 13.8.